The van der Waals surface area contributed by atoms with Gasteiger partial charge in [-0.2, -0.15) is 0 Å². The van der Waals surface area contributed by atoms with Crippen LogP contribution in [-0.4, -0.2) is 138 Å². The molecule has 14 nitrogen and oxygen atoms in total. The van der Waals surface area contributed by atoms with E-state index in [1.165, 1.54) is 0 Å². The lowest BCUT2D eigenvalue weighted by atomic mass is 9.97. The summed E-state index contributed by atoms with van der Waals surface area (Å²) in [5.74, 6) is 0. The first-order valence-corrected chi connectivity index (χ1v) is 29.8. The maximum atomic E-state index is 6.96. The Morgan fingerprint density at radius 3 is 0.838 bits per heavy atom. The lowest BCUT2D eigenvalue weighted by Gasteiger charge is -2.46. The van der Waals surface area contributed by atoms with E-state index in [0.29, 0.717) is 63.5 Å². The van der Waals surface area contributed by atoms with Crippen LogP contribution in [0.3, 0.4) is 0 Å². The highest BCUT2D eigenvalue weighted by molar-refractivity contribution is 9.09. The molecule has 2 aliphatic heterocycles. The van der Waals surface area contributed by atoms with Gasteiger partial charge >= 0.3 is 0 Å². The van der Waals surface area contributed by atoms with E-state index in [-0.39, 0.29) is 52.9 Å². The molecule has 0 radical (unpaired) electrons. The molecule has 6 aromatic rings. The van der Waals surface area contributed by atoms with Gasteiger partial charge in [-0.3, -0.25) is 0 Å². The van der Waals surface area contributed by atoms with Crippen LogP contribution in [0.15, 0.2) is 182 Å². The summed E-state index contributed by atoms with van der Waals surface area (Å²) in [7, 11) is 0. The smallest absolute Gasteiger partial charge is 0.187 e. The van der Waals surface area contributed by atoms with Gasteiger partial charge in [-0.05, 0) is 33.4 Å². The number of halogens is 2. The van der Waals surface area contributed by atoms with Crippen molar-refractivity contribution in [3.05, 3.63) is 215 Å². The Labute approximate surface area is 488 Å². The molecule has 6 aromatic carbocycles. The fraction of sp³-hybridized carbons (Fsp3) is 0.438. The van der Waals surface area contributed by atoms with E-state index in [2.05, 4.69) is 31.9 Å². The minimum atomic E-state index is -0.958. The summed E-state index contributed by atoms with van der Waals surface area (Å²) in [6, 6.07) is 60.2. The quantitative estimate of drug-likeness (QED) is 0.0271. The zero-order valence-electron chi connectivity index (χ0n) is 45.3. The van der Waals surface area contributed by atoms with Crippen LogP contribution < -0.4 is 0 Å². The highest BCUT2D eigenvalue weighted by atomic mass is 79.9. The van der Waals surface area contributed by atoms with Crippen molar-refractivity contribution < 1.29 is 66.3 Å². The molecule has 430 valence electrons. The first-order chi connectivity index (χ1) is 39.6. The average Bonchev–Trinajstić information content (AvgIpc) is 3.55. The molecule has 0 spiro atoms. The van der Waals surface area contributed by atoms with Crippen molar-refractivity contribution in [3.8, 4) is 0 Å². The number of benzene rings is 6. The van der Waals surface area contributed by atoms with Crippen LogP contribution in [-0.2, 0) is 106 Å². The lowest BCUT2D eigenvalue weighted by molar-refractivity contribution is -0.340. The summed E-state index contributed by atoms with van der Waals surface area (Å²) < 4.78 is 93.1. The molecule has 0 N–H and O–H groups in total. The van der Waals surface area contributed by atoms with Gasteiger partial charge in [0.05, 0.1) is 106 Å². The predicted octanol–water partition coefficient (Wildman–Crippen LogP) is 10.8. The van der Waals surface area contributed by atoms with Gasteiger partial charge in [-0.1, -0.05) is 214 Å². The minimum absolute atomic E-state index is 0.0583. The topological polar surface area (TPSA) is 129 Å². The Balaban J connectivity index is 1.06. The fourth-order valence-electron chi connectivity index (χ4n) is 9.36. The second-order valence-corrected chi connectivity index (χ2v) is 20.7. The minimum Gasteiger partial charge on any atom is -0.378 e. The highest BCUT2D eigenvalue weighted by Crippen LogP contribution is 2.33. The van der Waals surface area contributed by atoms with Crippen LogP contribution >= 0.6 is 31.9 Å². The van der Waals surface area contributed by atoms with E-state index in [1.807, 2.05) is 182 Å². The first-order valence-electron chi connectivity index (χ1n) is 27.6. The molecule has 0 unspecified atom stereocenters. The zero-order valence-corrected chi connectivity index (χ0v) is 48.5. The molecule has 0 aromatic heterocycles. The van der Waals surface area contributed by atoms with Crippen molar-refractivity contribution in [2.24, 2.45) is 0 Å². The predicted molar refractivity (Wildman–Crippen MR) is 310 cm³/mol. The lowest BCUT2D eigenvalue weighted by Crippen LogP contribution is -2.62. The third-order valence-electron chi connectivity index (χ3n) is 13.3. The summed E-state index contributed by atoms with van der Waals surface area (Å²) in [5.41, 5.74) is 6.04. The number of alkyl halides is 2. The number of hydrogen-bond donors (Lipinski definition) is 0. The van der Waals surface area contributed by atoms with E-state index in [0.717, 1.165) is 33.4 Å². The van der Waals surface area contributed by atoms with Crippen LogP contribution in [0.5, 0.6) is 0 Å². The molecule has 0 saturated carbocycles. The van der Waals surface area contributed by atoms with Crippen molar-refractivity contribution in [2.75, 3.05) is 76.7 Å². The Bertz CT molecular complexity index is 2320. The molecule has 8 rings (SSSR count). The summed E-state index contributed by atoms with van der Waals surface area (Å²) in [4.78, 5) is 0. The second kappa shape index (κ2) is 36.3. The van der Waals surface area contributed by atoms with Crippen LogP contribution in [0, 0.1) is 0 Å². The molecular formula is C64H76Br2O14. The summed E-state index contributed by atoms with van der Waals surface area (Å²) in [5, 5.41) is 1.39. The molecule has 2 fully saturated rings. The van der Waals surface area contributed by atoms with E-state index in [9.17, 15) is 0 Å². The van der Waals surface area contributed by atoms with E-state index in [4.69, 9.17) is 66.3 Å². The molecule has 10 atom stereocenters. The van der Waals surface area contributed by atoms with Crippen molar-refractivity contribution in [1.29, 1.82) is 0 Å². The Morgan fingerprint density at radius 1 is 0.263 bits per heavy atom. The summed E-state index contributed by atoms with van der Waals surface area (Å²) in [6.45, 7) is 4.57. The third-order valence-corrected chi connectivity index (χ3v) is 13.9. The normalized spacial score (nSPS) is 23.0. The van der Waals surface area contributed by atoms with Gasteiger partial charge in [0, 0.05) is 10.7 Å². The molecule has 2 heterocycles. The van der Waals surface area contributed by atoms with Crippen LogP contribution in [0.25, 0.3) is 0 Å². The monoisotopic (exact) mass is 1230 g/mol. The molecule has 0 aliphatic carbocycles. The van der Waals surface area contributed by atoms with Gasteiger partial charge in [-0.15, -0.1) is 0 Å². The van der Waals surface area contributed by atoms with Gasteiger partial charge in [-0.25, -0.2) is 0 Å². The molecule has 16 heteroatoms. The first kappa shape index (κ1) is 61.8. The SMILES string of the molecule is BrCCOCCO[C@H]1[C@H](OCCO[C@@H]2O[C@H](COCc3ccccc3)[C@@H](OCc3ccccc3)[C@H](OCc3ccccc3)[C@H]2OCCOCCBr)O[C@H](COCc2ccccc2)[C@@H](OCc2ccccc2)[C@@H]1OCc1ccccc1. The second-order valence-electron chi connectivity index (χ2n) is 19.1. The van der Waals surface area contributed by atoms with Gasteiger partial charge in [0.15, 0.2) is 12.6 Å². The number of hydrogen-bond acceptors (Lipinski definition) is 14. The van der Waals surface area contributed by atoms with Crippen molar-refractivity contribution >= 4 is 31.9 Å². The van der Waals surface area contributed by atoms with Crippen molar-refractivity contribution in [2.45, 2.75) is 101 Å². The zero-order chi connectivity index (χ0) is 55.1. The van der Waals surface area contributed by atoms with Crippen LogP contribution in [0.4, 0.5) is 0 Å². The van der Waals surface area contributed by atoms with E-state index >= 15 is 0 Å². The fourth-order valence-corrected chi connectivity index (χ4v) is 9.81. The summed E-state index contributed by atoms with van der Waals surface area (Å²) >= 11 is 6.94. The van der Waals surface area contributed by atoms with E-state index in [1.54, 1.807) is 0 Å². The molecule has 0 bridgehead atoms. The van der Waals surface area contributed by atoms with Crippen molar-refractivity contribution in [1.82, 2.24) is 0 Å². The summed E-state index contributed by atoms with van der Waals surface area (Å²) in [6.07, 6.45) is -7.40. The number of ether oxygens (including phenoxy) is 14. The van der Waals surface area contributed by atoms with Crippen LogP contribution in [0.1, 0.15) is 33.4 Å². The standard InChI is InChI=1S/C64H76Br2O14/c65-31-33-67-35-37-71-61-59(77-45-53-27-15-5-16-28-53)57(75-43-51-23-11-3-12-24-51)55(47-69-41-49-19-7-1-8-20-49)79-63(61)73-39-40-74-64-62(72-38-36-68-34-32-66)60(78-46-54-29-17-6-18-30-54)58(76-44-52-25-13-4-14-26-52)56(80-64)48-70-42-50-21-9-2-10-22-50/h1-30,55-64H,31-48H2/t55-,56-,57-,58-,59+,60+,61-,62-,63-,64-/m1/s1. The molecule has 2 saturated heterocycles. The largest absolute Gasteiger partial charge is 0.378 e. The Kier molecular flexibility index (Phi) is 28.1. The maximum absolute atomic E-state index is 6.96. The highest BCUT2D eigenvalue weighted by Gasteiger charge is 2.51. The average molecular weight is 1230 g/mol. The van der Waals surface area contributed by atoms with E-state index < -0.39 is 61.4 Å². The Morgan fingerprint density at radius 2 is 0.537 bits per heavy atom. The number of rotatable bonds is 37. The molecule has 0 amide bonds. The third kappa shape index (κ3) is 20.9. The Hall–Kier alpha value is -4.28. The van der Waals surface area contributed by atoms with Gasteiger partial charge in [0.1, 0.15) is 48.8 Å². The van der Waals surface area contributed by atoms with Crippen molar-refractivity contribution in [3.63, 3.8) is 0 Å². The van der Waals surface area contributed by atoms with Gasteiger partial charge in [0.2, 0.25) is 0 Å². The molecule has 2 aliphatic rings. The van der Waals surface area contributed by atoms with Gasteiger partial charge in [0.25, 0.3) is 0 Å². The maximum Gasteiger partial charge on any atom is 0.187 e. The van der Waals surface area contributed by atoms with Gasteiger partial charge < -0.3 is 66.3 Å². The molecule has 80 heavy (non-hydrogen) atoms. The molecular weight excluding hydrogens is 1150 g/mol. The van der Waals surface area contributed by atoms with Crippen LogP contribution in [0.2, 0.25) is 0 Å².